The van der Waals surface area contributed by atoms with E-state index in [1.165, 1.54) is 21.6 Å². The lowest BCUT2D eigenvalue weighted by molar-refractivity contribution is -0.158. The standard InChI is InChI=1S/C18H31N3O4S2/c1-17(2,3)25-15(23)13-10-27-26-9-12(19-4)14(22)20-11-18(16(24)21-13)7-5-6-8-18/h12-13,19H,5-11H2,1-4H3,(H,20,22)(H,21,24). The number of rotatable bonds is 2. The molecule has 27 heavy (non-hydrogen) atoms. The molecule has 2 atom stereocenters. The topological polar surface area (TPSA) is 96.5 Å². The van der Waals surface area contributed by atoms with Gasteiger partial charge in [-0.25, -0.2) is 4.79 Å². The zero-order valence-electron chi connectivity index (χ0n) is 16.6. The second-order valence-electron chi connectivity index (χ2n) is 8.18. The van der Waals surface area contributed by atoms with Crippen molar-refractivity contribution in [3.63, 3.8) is 0 Å². The van der Waals surface area contributed by atoms with Gasteiger partial charge in [-0.2, -0.15) is 0 Å². The highest BCUT2D eigenvalue weighted by molar-refractivity contribution is 8.76. The van der Waals surface area contributed by atoms with Gasteiger partial charge in [0.25, 0.3) is 0 Å². The minimum absolute atomic E-state index is 0.0889. The number of hydrogen-bond acceptors (Lipinski definition) is 7. The average molecular weight is 418 g/mol. The Kier molecular flexibility index (Phi) is 7.88. The maximum Gasteiger partial charge on any atom is 0.330 e. The number of nitrogens with one attached hydrogen (secondary N) is 3. The zero-order valence-corrected chi connectivity index (χ0v) is 18.2. The fourth-order valence-electron chi connectivity index (χ4n) is 3.29. The maximum absolute atomic E-state index is 13.1. The lowest BCUT2D eigenvalue weighted by atomic mass is 9.84. The van der Waals surface area contributed by atoms with Crippen LogP contribution in [-0.2, 0) is 19.1 Å². The van der Waals surface area contributed by atoms with Crippen molar-refractivity contribution < 1.29 is 19.1 Å². The van der Waals surface area contributed by atoms with Crippen molar-refractivity contribution in [1.82, 2.24) is 16.0 Å². The van der Waals surface area contributed by atoms with Crippen molar-refractivity contribution in [3.8, 4) is 0 Å². The third-order valence-corrected chi connectivity index (χ3v) is 7.28. The van der Waals surface area contributed by atoms with Crippen LogP contribution in [0.3, 0.4) is 0 Å². The first kappa shape index (κ1) is 22.4. The highest BCUT2D eigenvalue weighted by atomic mass is 33.1. The van der Waals surface area contributed by atoms with Crippen molar-refractivity contribution in [1.29, 1.82) is 0 Å². The van der Waals surface area contributed by atoms with Gasteiger partial charge in [-0.05, 0) is 40.7 Å². The number of amides is 2. The molecule has 2 fully saturated rings. The van der Waals surface area contributed by atoms with Gasteiger partial charge in [-0.15, -0.1) is 0 Å². The molecule has 2 aliphatic rings. The molecule has 1 aliphatic heterocycles. The zero-order chi connectivity index (χ0) is 20.1. The van der Waals surface area contributed by atoms with E-state index in [4.69, 9.17) is 4.74 Å². The van der Waals surface area contributed by atoms with Crippen molar-refractivity contribution in [2.75, 3.05) is 25.1 Å². The van der Waals surface area contributed by atoms with Crippen molar-refractivity contribution in [2.45, 2.75) is 64.1 Å². The molecule has 1 spiro atoms. The average Bonchev–Trinajstić information content (AvgIpc) is 3.06. The Hall–Kier alpha value is -0.930. The van der Waals surface area contributed by atoms with Crippen molar-refractivity contribution in [2.24, 2.45) is 5.41 Å². The maximum atomic E-state index is 13.1. The summed E-state index contributed by atoms with van der Waals surface area (Å²) in [6, 6.07) is -1.03. The van der Waals surface area contributed by atoms with E-state index in [1.54, 1.807) is 7.05 Å². The molecule has 0 aromatic heterocycles. The molecule has 1 heterocycles. The van der Waals surface area contributed by atoms with Crippen molar-refractivity contribution >= 4 is 39.4 Å². The van der Waals surface area contributed by atoms with E-state index < -0.39 is 23.0 Å². The van der Waals surface area contributed by atoms with Crippen LogP contribution in [0.4, 0.5) is 0 Å². The minimum atomic E-state index is -0.699. The van der Waals surface area contributed by atoms with Crippen LogP contribution in [0.2, 0.25) is 0 Å². The lowest BCUT2D eigenvalue weighted by Gasteiger charge is -2.32. The number of esters is 1. The van der Waals surface area contributed by atoms with Gasteiger partial charge in [0.1, 0.15) is 11.6 Å². The predicted molar refractivity (Wildman–Crippen MR) is 109 cm³/mol. The summed E-state index contributed by atoms with van der Waals surface area (Å²) < 4.78 is 5.50. The molecule has 0 radical (unpaired) electrons. The third kappa shape index (κ3) is 6.29. The second kappa shape index (κ2) is 9.52. The largest absolute Gasteiger partial charge is 0.458 e. The molecule has 154 valence electrons. The Morgan fingerprint density at radius 2 is 1.81 bits per heavy atom. The molecule has 0 aromatic carbocycles. The Labute approximate surface area is 169 Å². The predicted octanol–water partition coefficient (Wildman–Crippen LogP) is 1.47. The van der Waals surface area contributed by atoms with E-state index in [0.717, 1.165) is 12.8 Å². The first-order valence-corrected chi connectivity index (χ1v) is 11.9. The van der Waals surface area contributed by atoms with E-state index in [2.05, 4.69) is 16.0 Å². The smallest absolute Gasteiger partial charge is 0.330 e. The normalized spacial score (nSPS) is 27.3. The molecule has 0 bridgehead atoms. The summed E-state index contributed by atoms with van der Waals surface area (Å²) in [6.07, 6.45) is 3.32. The lowest BCUT2D eigenvalue weighted by Crippen LogP contribution is -2.55. The van der Waals surface area contributed by atoms with Crippen LogP contribution < -0.4 is 16.0 Å². The van der Waals surface area contributed by atoms with Gasteiger partial charge in [-0.1, -0.05) is 34.4 Å². The number of hydrogen-bond donors (Lipinski definition) is 3. The van der Waals surface area contributed by atoms with Crippen LogP contribution in [-0.4, -0.2) is 60.6 Å². The van der Waals surface area contributed by atoms with Gasteiger partial charge in [0.05, 0.1) is 11.5 Å². The highest BCUT2D eigenvalue weighted by Crippen LogP contribution is 2.38. The SMILES string of the molecule is CNC1CSSCC(C(=O)OC(C)(C)C)NC(=O)C2(CCCC2)CNC1=O. The summed E-state index contributed by atoms with van der Waals surface area (Å²) in [5.74, 6) is 0.315. The Balaban J connectivity index is 2.19. The highest BCUT2D eigenvalue weighted by Gasteiger charge is 2.43. The summed E-state index contributed by atoms with van der Waals surface area (Å²) >= 11 is 0. The molecule has 1 aliphatic carbocycles. The number of likely N-dealkylation sites (N-methyl/N-ethyl adjacent to an activating group) is 1. The summed E-state index contributed by atoms with van der Waals surface area (Å²) in [6.45, 7) is 5.75. The van der Waals surface area contributed by atoms with Gasteiger partial charge in [-0.3, -0.25) is 9.59 Å². The Morgan fingerprint density at radius 1 is 1.19 bits per heavy atom. The molecule has 1 saturated heterocycles. The first-order chi connectivity index (χ1) is 12.7. The number of carbonyl (C=O) groups excluding carboxylic acids is 3. The third-order valence-electron chi connectivity index (χ3n) is 4.86. The van der Waals surface area contributed by atoms with Crippen LogP contribution >= 0.6 is 21.6 Å². The fourth-order valence-corrected chi connectivity index (χ4v) is 5.69. The molecular formula is C18H31N3O4S2. The first-order valence-electron chi connectivity index (χ1n) is 9.40. The van der Waals surface area contributed by atoms with Crippen molar-refractivity contribution in [3.05, 3.63) is 0 Å². The molecule has 9 heteroatoms. The second-order valence-corrected chi connectivity index (χ2v) is 10.7. The summed E-state index contributed by atoms with van der Waals surface area (Å²) in [4.78, 5) is 38.1. The van der Waals surface area contributed by atoms with E-state index in [9.17, 15) is 14.4 Å². The van der Waals surface area contributed by atoms with E-state index in [1.807, 2.05) is 20.8 Å². The molecule has 0 aromatic rings. The molecular weight excluding hydrogens is 386 g/mol. The molecule has 2 rings (SSSR count). The monoisotopic (exact) mass is 417 g/mol. The van der Waals surface area contributed by atoms with E-state index in [0.29, 0.717) is 30.9 Å². The molecule has 2 unspecified atom stereocenters. The number of carbonyl (C=O) groups is 3. The van der Waals surface area contributed by atoms with E-state index >= 15 is 0 Å². The fraction of sp³-hybridized carbons (Fsp3) is 0.833. The van der Waals surface area contributed by atoms with Crippen LogP contribution in [0.1, 0.15) is 46.5 Å². The number of ether oxygens (including phenoxy) is 1. The van der Waals surface area contributed by atoms with Gasteiger partial charge in [0.2, 0.25) is 11.8 Å². The van der Waals surface area contributed by atoms with Crippen LogP contribution in [0.15, 0.2) is 0 Å². The molecule has 2 amide bonds. The summed E-state index contributed by atoms with van der Waals surface area (Å²) in [5.41, 5.74) is -1.26. The Morgan fingerprint density at radius 3 is 2.41 bits per heavy atom. The molecule has 3 N–H and O–H groups in total. The summed E-state index contributed by atoms with van der Waals surface area (Å²) in [5, 5.41) is 8.88. The van der Waals surface area contributed by atoms with Crippen LogP contribution in [0, 0.1) is 5.41 Å². The van der Waals surface area contributed by atoms with Gasteiger partial charge < -0.3 is 20.7 Å². The quantitative estimate of drug-likeness (QED) is 0.462. The summed E-state index contributed by atoms with van der Waals surface area (Å²) in [7, 11) is 4.72. The molecule has 1 saturated carbocycles. The van der Waals surface area contributed by atoms with E-state index in [-0.39, 0.29) is 17.9 Å². The van der Waals surface area contributed by atoms with Crippen LogP contribution in [0.25, 0.3) is 0 Å². The van der Waals surface area contributed by atoms with Gasteiger partial charge in [0, 0.05) is 18.1 Å². The molecule has 7 nitrogen and oxygen atoms in total. The van der Waals surface area contributed by atoms with Crippen LogP contribution in [0.5, 0.6) is 0 Å². The Bertz CT molecular complexity index is 559. The van der Waals surface area contributed by atoms with Gasteiger partial charge in [0.15, 0.2) is 0 Å². The minimum Gasteiger partial charge on any atom is -0.458 e. The van der Waals surface area contributed by atoms with Gasteiger partial charge >= 0.3 is 5.97 Å².